The first-order chi connectivity index (χ1) is 11.7. The van der Waals surface area contributed by atoms with Gasteiger partial charge in [-0.1, -0.05) is 12.1 Å². The molecule has 1 saturated heterocycles. The highest BCUT2D eigenvalue weighted by Gasteiger charge is 2.20. The maximum atomic E-state index is 13.8. The topological polar surface area (TPSA) is 78.2 Å². The number of nitriles is 1. The Morgan fingerprint density at radius 2 is 2.25 bits per heavy atom. The van der Waals surface area contributed by atoms with E-state index in [9.17, 15) is 9.18 Å². The average Bonchev–Trinajstić information content (AvgIpc) is 2.61. The van der Waals surface area contributed by atoms with E-state index in [4.69, 9.17) is 10.00 Å². The Labute approximate surface area is 138 Å². The van der Waals surface area contributed by atoms with Crippen LogP contribution in [0.5, 0.6) is 5.88 Å². The van der Waals surface area contributed by atoms with Crippen molar-refractivity contribution >= 4 is 11.7 Å². The van der Waals surface area contributed by atoms with Gasteiger partial charge in [0, 0.05) is 24.7 Å². The highest BCUT2D eigenvalue weighted by atomic mass is 19.1. The minimum atomic E-state index is -0.498. The van der Waals surface area contributed by atoms with Crippen molar-refractivity contribution in [2.75, 3.05) is 24.5 Å². The molecule has 1 aromatic carbocycles. The van der Waals surface area contributed by atoms with Crippen LogP contribution in [0.2, 0.25) is 0 Å². The third-order valence-electron chi connectivity index (χ3n) is 3.63. The van der Waals surface area contributed by atoms with Crippen LogP contribution in [0, 0.1) is 17.1 Å². The molecule has 0 atom stereocenters. The molecule has 0 aliphatic carbocycles. The quantitative estimate of drug-likeness (QED) is 0.923. The lowest BCUT2D eigenvalue weighted by Gasteiger charge is -2.26. The van der Waals surface area contributed by atoms with E-state index in [-0.39, 0.29) is 24.6 Å². The van der Waals surface area contributed by atoms with Gasteiger partial charge in [-0.2, -0.15) is 10.2 Å². The third kappa shape index (κ3) is 3.50. The zero-order valence-corrected chi connectivity index (χ0v) is 12.8. The number of halogens is 1. The Balaban J connectivity index is 1.71. The molecule has 0 unspecified atom stereocenters. The first-order valence-corrected chi connectivity index (χ1v) is 7.47. The summed E-state index contributed by atoms with van der Waals surface area (Å²) in [7, 11) is 0. The molecule has 122 valence electrons. The summed E-state index contributed by atoms with van der Waals surface area (Å²) in [6, 6.07) is 11.2. The van der Waals surface area contributed by atoms with Crippen LogP contribution in [0.3, 0.4) is 0 Å². The van der Waals surface area contributed by atoms with E-state index < -0.39 is 5.82 Å². The largest absolute Gasteiger partial charge is 0.473 e. The standard InChI is InChI=1S/C17H15FN4O2/c18-14-8-12(9-19)4-5-13(14)11-24-16-3-1-2-15(21-16)22-7-6-20-10-17(22)23/h1-5,8,20H,6-7,10-11H2. The number of anilines is 1. The van der Waals surface area contributed by atoms with E-state index in [1.807, 2.05) is 6.07 Å². The summed E-state index contributed by atoms with van der Waals surface area (Å²) in [6.45, 7) is 1.52. The van der Waals surface area contributed by atoms with Gasteiger partial charge in [-0.05, 0) is 18.2 Å². The fourth-order valence-electron chi connectivity index (χ4n) is 2.37. The van der Waals surface area contributed by atoms with Crippen LogP contribution in [-0.2, 0) is 11.4 Å². The number of nitrogens with one attached hydrogen (secondary N) is 1. The van der Waals surface area contributed by atoms with E-state index in [0.717, 1.165) is 0 Å². The number of rotatable bonds is 4. The van der Waals surface area contributed by atoms with Gasteiger partial charge in [0.25, 0.3) is 0 Å². The minimum absolute atomic E-state index is 0.0104. The van der Waals surface area contributed by atoms with Crippen molar-refractivity contribution < 1.29 is 13.9 Å². The number of ether oxygens (including phenoxy) is 1. The minimum Gasteiger partial charge on any atom is -0.473 e. The first kappa shape index (κ1) is 15.9. The molecule has 1 fully saturated rings. The highest BCUT2D eigenvalue weighted by Crippen LogP contribution is 2.19. The van der Waals surface area contributed by atoms with Gasteiger partial charge in [0.1, 0.15) is 18.2 Å². The molecule has 1 amide bonds. The number of hydrogen-bond acceptors (Lipinski definition) is 5. The molecule has 1 N–H and O–H groups in total. The maximum absolute atomic E-state index is 13.8. The van der Waals surface area contributed by atoms with Gasteiger partial charge >= 0.3 is 0 Å². The van der Waals surface area contributed by atoms with Crippen molar-refractivity contribution in [1.29, 1.82) is 5.26 Å². The molecular weight excluding hydrogens is 311 g/mol. The summed E-state index contributed by atoms with van der Waals surface area (Å²) in [5.74, 6) is 0.272. The van der Waals surface area contributed by atoms with E-state index in [1.165, 1.54) is 18.2 Å². The second-order valence-corrected chi connectivity index (χ2v) is 5.26. The molecule has 0 radical (unpaired) electrons. The van der Waals surface area contributed by atoms with E-state index >= 15 is 0 Å². The van der Waals surface area contributed by atoms with Gasteiger partial charge in [-0.25, -0.2) is 4.39 Å². The number of benzene rings is 1. The Kier molecular flexibility index (Phi) is 4.68. The Morgan fingerprint density at radius 1 is 1.38 bits per heavy atom. The number of carbonyl (C=O) groups excluding carboxylic acids is 1. The zero-order chi connectivity index (χ0) is 16.9. The van der Waals surface area contributed by atoms with Crippen molar-refractivity contribution in [2.45, 2.75) is 6.61 Å². The van der Waals surface area contributed by atoms with Gasteiger partial charge in [0.05, 0.1) is 18.2 Å². The molecular formula is C17H15FN4O2. The predicted molar refractivity (Wildman–Crippen MR) is 84.9 cm³/mol. The summed E-state index contributed by atoms with van der Waals surface area (Å²) >= 11 is 0. The first-order valence-electron chi connectivity index (χ1n) is 7.47. The van der Waals surface area contributed by atoms with Crippen LogP contribution in [-0.4, -0.2) is 30.5 Å². The van der Waals surface area contributed by atoms with Crippen molar-refractivity contribution in [3.05, 3.63) is 53.3 Å². The molecule has 1 aromatic heterocycles. The lowest BCUT2D eigenvalue weighted by molar-refractivity contribution is -0.118. The fourth-order valence-corrected chi connectivity index (χ4v) is 2.37. The Bertz CT molecular complexity index is 803. The number of nitrogens with zero attached hydrogens (tertiary/aromatic N) is 3. The molecule has 0 bridgehead atoms. The second-order valence-electron chi connectivity index (χ2n) is 5.26. The third-order valence-corrected chi connectivity index (χ3v) is 3.63. The number of piperazine rings is 1. The maximum Gasteiger partial charge on any atom is 0.242 e. The summed E-state index contributed by atoms with van der Waals surface area (Å²) in [5.41, 5.74) is 0.591. The molecule has 3 rings (SSSR count). The van der Waals surface area contributed by atoms with Crippen molar-refractivity contribution in [1.82, 2.24) is 10.3 Å². The number of carbonyl (C=O) groups is 1. The molecule has 1 aliphatic rings. The number of amides is 1. The van der Waals surface area contributed by atoms with Crippen LogP contribution < -0.4 is 15.0 Å². The molecule has 2 aromatic rings. The summed E-state index contributed by atoms with van der Waals surface area (Å²) in [6.07, 6.45) is 0. The van der Waals surface area contributed by atoms with Gasteiger partial charge < -0.3 is 10.1 Å². The molecule has 7 heteroatoms. The van der Waals surface area contributed by atoms with Gasteiger partial charge in [0.2, 0.25) is 11.8 Å². The number of aromatic nitrogens is 1. The Morgan fingerprint density at radius 3 is 3.00 bits per heavy atom. The van der Waals surface area contributed by atoms with Crippen LogP contribution in [0.25, 0.3) is 0 Å². The van der Waals surface area contributed by atoms with Crippen molar-refractivity contribution in [2.24, 2.45) is 0 Å². The van der Waals surface area contributed by atoms with E-state index in [0.29, 0.717) is 30.4 Å². The van der Waals surface area contributed by atoms with E-state index in [2.05, 4.69) is 10.3 Å². The zero-order valence-electron chi connectivity index (χ0n) is 12.8. The van der Waals surface area contributed by atoms with Crippen LogP contribution >= 0.6 is 0 Å². The van der Waals surface area contributed by atoms with Crippen LogP contribution in [0.1, 0.15) is 11.1 Å². The molecule has 1 aliphatic heterocycles. The average molecular weight is 326 g/mol. The molecule has 2 heterocycles. The lowest BCUT2D eigenvalue weighted by atomic mass is 10.1. The van der Waals surface area contributed by atoms with Crippen LogP contribution in [0.15, 0.2) is 36.4 Å². The van der Waals surface area contributed by atoms with Crippen LogP contribution in [0.4, 0.5) is 10.2 Å². The predicted octanol–water partition coefficient (Wildman–Crippen LogP) is 1.61. The number of pyridine rings is 1. The Hall–Kier alpha value is -2.98. The van der Waals surface area contributed by atoms with Crippen molar-refractivity contribution in [3.8, 4) is 11.9 Å². The van der Waals surface area contributed by atoms with Gasteiger partial charge in [-0.15, -0.1) is 0 Å². The molecule has 0 spiro atoms. The summed E-state index contributed by atoms with van der Waals surface area (Å²) in [4.78, 5) is 17.8. The normalized spacial score (nSPS) is 14.3. The second kappa shape index (κ2) is 7.06. The molecule has 0 saturated carbocycles. The van der Waals surface area contributed by atoms with Gasteiger partial charge in [0.15, 0.2) is 0 Å². The molecule has 6 nitrogen and oxygen atoms in total. The molecule has 24 heavy (non-hydrogen) atoms. The fraction of sp³-hybridized carbons (Fsp3) is 0.235. The smallest absolute Gasteiger partial charge is 0.242 e. The van der Waals surface area contributed by atoms with E-state index in [1.54, 1.807) is 23.1 Å². The summed E-state index contributed by atoms with van der Waals surface area (Å²) in [5, 5.41) is 11.7. The number of hydrogen-bond donors (Lipinski definition) is 1. The lowest BCUT2D eigenvalue weighted by Crippen LogP contribution is -2.48. The SMILES string of the molecule is N#Cc1ccc(COc2cccc(N3CCNCC3=O)n2)c(F)c1. The van der Waals surface area contributed by atoms with Crippen molar-refractivity contribution in [3.63, 3.8) is 0 Å². The highest BCUT2D eigenvalue weighted by molar-refractivity contribution is 5.94. The summed E-state index contributed by atoms with van der Waals surface area (Å²) < 4.78 is 19.4. The monoisotopic (exact) mass is 326 g/mol. The van der Waals surface area contributed by atoms with Gasteiger partial charge in [-0.3, -0.25) is 9.69 Å².